The number of carbonyl (C=O) groups is 2. The average molecular weight is 404 g/mol. The molecule has 4 nitrogen and oxygen atoms in total. The molecule has 1 amide bonds. The van der Waals surface area contributed by atoms with Crippen molar-refractivity contribution in [1.82, 2.24) is 0 Å². The van der Waals surface area contributed by atoms with Crippen molar-refractivity contribution in [3.05, 3.63) is 50.6 Å². The van der Waals surface area contributed by atoms with Crippen LogP contribution < -0.4 is 5.32 Å². The summed E-state index contributed by atoms with van der Waals surface area (Å²) in [5.41, 5.74) is 0.418. The SMILES string of the molecule is C[C@@H](OC(=O)CSCc1cccs1)C(=O)Nc1ccc(Cl)cc1Cl. The average Bonchev–Trinajstić information content (AvgIpc) is 3.03. The highest BCUT2D eigenvalue weighted by Gasteiger charge is 2.18. The first kappa shape index (κ1) is 19.1. The van der Waals surface area contributed by atoms with E-state index in [2.05, 4.69) is 5.32 Å². The number of hydrogen-bond donors (Lipinski definition) is 1. The molecule has 0 fully saturated rings. The van der Waals surface area contributed by atoms with Gasteiger partial charge in [-0.05, 0) is 36.6 Å². The number of esters is 1. The molecule has 0 radical (unpaired) electrons. The summed E-state index contributed by atoms with van der Waals surface area (Å²) in [6, 6.07) is 8.70. The standard InChI is InChI=1S/C16H15Cl2NO3S2/c1-10(16(21)19-14-5-4-11(17)7-13(14)18)22-15(20)9-23-8-12-3-2-6-24-12/h2-7,10H,8-9H2,1H3,(H,19,21)/t10-/m1/s1. The Balaban J connectivity index is 1.76. The van der Waals surface area contributed by atoms with E-state index >= 15 is 0 Å². The minimum absolute atomic E-state index is 0.192. The monoisotopic (exact) mass is 403 g/mol. The van der Waals surface area contributed by atoms with Crippen LogP contribution in [-0.2, 0) is 20.1 Å². The van der Waals surface area contributed by atoms with Gasteiger partial charge in [0, 0.05) is 15.7 Å². The molecule has 1 atom stereocenters. The summed E-state index contributed by atoms with van der Waals surface area (Å²) in [4.78, 5) is 25.0. The van der Waals surface area contributed by atoms with Gasteiger partial charge in [-0.15, -0.1) is 23.1 Å². The van der Waals surface area contributed by atoms with Gasteiger partial charge in [-0.1, -0.05) is 29.3 Å². The first-order chi connectivity index (χ1) is 11.5. The topological polar surface area (TPSA) is 55.4 Å². The second-order valence-electron chi connectivity index (χ2n) is 4.82. The van der Waals surface area contributed by atoms with Crippen LogP contribution in [0.15, 0.2) is 35.7 Å². The van der Waals surface area contributed by atoms with E-state index in [0.717, 1.165) is 5.75 Å². The molecule has 8 heteroatoms. The lowest BCUT2D eigenvalue weighted by molar-refractivity contribution is -0.150. The fraction of sp³-hybridized carbons (Fsp3) is 0.250. The Morgan fingerprint density at radius 2 is 2.12 bits per heavy atom. The Hall–Kier alpha value is -1.21. The molecule has 1 aromatic heterocycles. The summed E-state index contributed by atoms with van der Waals surface area (Å²) in [5, 5.41) is 5.39. The Morgan fingerprint density at radius 3 is 2.79 bits per heavy atom. The summed E-state index contributed by atoms with van der Waals surface area (Å²) in [5.74, 6) is 0.0579. The number of thiophene rings is 1. The molecule has 0 unspecified atom stereocenters. The van der Waals surface area contributed by atoms with Crippen molar-refractivity contribution in [2.24, 2.45) is 0 Å². The predicted molar refractivity (Wildman–Crippen MR) is 101 cm³/mol. The molecule has 1 aromatic carbocycles. The zero-order valence-electron chi connectivity index (χ0n) is 12.8. The van der Waals surface area contributed by atoms with Crippen molar-refractivity contribution < 1.29 is 14.3 Å². The van der Waals surface area contributed by atoms with E-state index in [1.165, 1.54) is 29.6 Å². The molecule has 0 spiro atoms. The highest BCUT2D eigenvalue weighted by atomic mass is 35.5. The molecule has 2 rings (SSSR count). The largest absolute Gasteiger partial charge is 0.452 e. The van der Waals surface area contributed by atoms with Crippen LogP contribution in [0.25, 0.3) is 0 Å². The molecule has 0 aliphatic carbocycles. The van der Waals surface area contributed by atoms with Crippen LogP contribution in [0, 0.1) is 0 Å². The van der Waals surface area contributed by atoms with Gasteiger partial charge in [-0.25, -0.2) is 0 Å². The van der Waals surface area contributed by atoms with Crippen LogP contribution >= 0.6 is 46.3 Å². The Labute approximate surface area is 158 Å². The summed E-state index contributed by atoms with van der Waals surface area (Å²) < 4.78 is 5.13. The van der Waals surface area contributed by atoms with Crippen molar-refractivity contribution in [2.75, 3.05) is 11.1 Å². The maximum atomic E-state index is 12.1. The van der Waals surface area contributed by atoms with Gasteiger partial charge >= 0.3 is 5.97 Å². The highest BCUT2D eigenvalue weighted by molar-refractivity contribution is 7.99. The van der Waals surface area contributed by atoms with Crippen LogP contribution in [0.2, 0.25) is 10.0 Å². The maximum absolute atomic E-state index is 12.1. The molecule has 0 saturated carbocycles. The number of amides is 1. The number of hydrogen-bond acceptors (Lipinski definition) is 5. The number of carbonyl (C=O) groups excluding carboxylic acids is 2. The number of ether oxygens (including phenoxy) is 1. The lowest BCUT2D eigenvalue weighted by Crippen LogP contribution is -2.30. The van der Waals surface area contributed by atoms with Gasteiger partial charge in [-0.2, -0.15) is 0 Å². The third-order valence-electron chi connectivity index (χ3n) is 2.91. The molecular weight excluding hydrogens is 389 g/mol. The number of anilines is 1. The first-order valence-electron chi connectivity index (χ1n) is 7.01. The van der Waals surface area contributed by atoms with Gasteiger partial charge in [-0.3, -0.25) is 9.59 Å². The highest BCUT2D eigenvalue weighted by Crippen LogP contribution is 2.25. The number of rotatable bonds is 7. The smallest absolute Gasteiger partial charge is 0.316 e. The van der Waals surface area contributed by atoms with Crippen molar-refractivity contribution in [3.63, 3.8) is 0 Å². The van der Waals surface area contributed by atoms with E-state index in [9.17, 15) is 9.59 Å². The molecule has 128 valence electrons. The molecular formula is C16H15Cl2NO3S2. The van der Waals surface area contributed by atoms with Crippen LogP contribution in [0.1, 0.15) is 11.8 Å². The van der Waals surface area contributed by atoms with Gasteiger partial charge in [0.05, 0.1) is 16.5 Å². The summed E-state index contributed by atoms with van der Waals surface area (Å²) in [6.07, 6.45) is -0.911. The summed E-state index contributed by atoms with van der Waals surface area (Å²) >= 11 is 14.9. The fourth-order valence-corrected chi connectivity index (χ4v) is 3.84. The molecule has 1 heterocycles. The minimum atomic E-state index is -0.911. The van der Waals surface area contributed by atoms with Gasteiger partial charge in [0.1, 0.15) is 0 Å². The van der Waals surface area contributed by atoms with Crippen LogP contribution in [0.3, 0.4) is 0 Å². The van der Waals surface area contributed by atoms with Crippen molar-refractivity contribution in [1.29, 1.82) is 0 Å². The van der Waals surface area contributed by atoms with Crippen molar-refractivity contribution >= 4 is 63.9 Å². The third kappa shape index (κ3) is 6.02. The minimum Gasteiger partial charge on any atom is -0.452 e. The van der Waals surface area contributed by atoms with E-state index in [1.807, 2.05) is 17.5 Å². The van der Waals surface area contributed by atoms with E-state index < -0.39 is 18.0 Å². The molecule has 0 saturated heterocycles. The second-order valence-corrected chi connectivity index (χ2v) is 7.68. The quantitative estimate of drug-likeness (QED) is 0.670. The van der Waals surface area contributed by atoms with Gasteiger partial charge in [0.25, 0.3) is 5.91 Å². The van der Waals surface area contributed by atoms with E-state index in [0.29, 0.717) is 15.7 Å². The Kier molecular flexibility index (Phi) is 7.42. The molecule has 1 N–H and O–H groups in total. The number of benzene rings is 1. The Morgan fingerprint density at radius 1 is 1.33 bits per heavy atom. The maximum Gasteiger partial charge on any atom is 0.316 e. The number of halogens is 2. The third-order valence-corrected chi connectivity index (χ3v) is 5.47. The van der Waals surface area contributed by atoms with Crippen LogP contribution in [0.4, 0.5) is 5.69 Å². The Bertz CT molecular complexity index is 707. The number of nitrogens with one attached hydrogen (secondary N) is 1. The molecule has 0 aliphatic rings. The molecule has 24 heavy (non-hydrogen) atoms. The number of thioether (sulfide) groups is 1. The van der Waals surface area contributed by atoms with E-state index in [-0.39, 0.29) is 5.75 Å². The zero-order chi connectivity index (χ0) is 17.5. The van der Waals surface area contributed by atoms with Gasteiger partial charge < -0.3 is 10.1 Å². The first-order valence-corrected chi connectivity index (χ1v) is 9.80. The van der Waals surface area contributed by atoms with Crippen LogP contribution in [0.5, 0.6) is 0 Å². The fourth-order valence-electron chi connectivity index (χ4n) is 1.74. The van der Waals surface area contributed by atoms with Gasteiger partial charge in [0.2, 0.25) is 0 Å². The molecule has 0 aliphatic heterocycles. The lowest BCUT2D eigenvalue weighted by Gasteiger charge is -2.14. The predicted octanol–water partition coefficient (Wildman–Crippen LogP) is 4.86. The summed E-state index contributed by atoms with van der Waals surface area (Å²) in [7, 11) is 0. The van der Waals surface area contributed by atoms with E-state index in [1.54, 1.807) is 23.5 Å². The zero-order valence-corrected chi connectivity index (χ0v) is 15.9. The lowest BCUT2D eigenvalue weighted by atomic mass is 10.3. The summed E-state index contributed by atoms with van der Waals surface area (Å²) in [6.45, 7) is 1.51. The second kappa shape index (κ2) is 9.32. The molecule has 2 aromatic rings. The molecule has 0 bridgehead atoms. The normalized spacial score (nSPS) is 11.8. The van der Waals surface area contributed by atoms with Crippen LogP contribution in [-0.4, -0.2) is 23.7 Å². The van der Waals surface area contributed by atoms with Gasteiger partial charge in [0.15, 0.2) is 6.10 Å². The van der Waals surface area contributed by atoms with E-state index in [4.69, 9.17) is 27.9 Å². The van der Waals surface area contributed by atoms with Crippen molar-refractivity contribution in [2.45, 2.75) is 18.8 Å². The van der Waals surface area contributed by atoms with Crippen molar-refractivity contribution in [3.8, 4) is 0 Å².